The van der Waals surface area contributed by atoms with Crippen molar-refractivity contribution in [3.63, 3.8) is 0 Å². The van der Waals surface area contributed by atoms with Crippen LogP contribution in [0.2, 0.25) is 0 Å². The average molecular weight is 601 g/mol. The summed E-state index contributed by atoms with van der Waals surface area (Å²) in [5.41, 5.74) is 0.957. The molecule has 1 aromatic heterocycles. The molecule has 3 amide bonds. The molecule has 2 heterocycles. The minimum Gasteiger partial charge on any atom is -0.381 e. The molecule has 3 aromatic carbocycles. The number of anilines is 1. The van der Waals surface area contributed by atoms with Gasteiger partial charge in [0.2, 0.25) is 5.82 Å². The third kappa shape index (κ3) is 7.26. The number of ether oxygens (including phenoxy) is 1. The smallest absolute Gasteiger partial charge is 0.271 e. The van der Waals surface area contributed by atoms with Crippen LogP contribution in [0.25, 0.3) is 11.4 Å². The van der Waals surface area contributed by atoms with Crippen LogP contribution < -0.4 is 10.6 Å². The van der Waals surface area contributed by atoms with Crippen molar-refractivity contribution in [1.82, 2.24) is 30.8 Å². The minimum absolute atomic E-state index is 0.0364. The van der Waals surface area contributed by atoms with E-state index in [1.165, 1.54) is 11.0 Å². The predicted octanol–water partition coefficient (Wildman–Crippen LogP) is 1.59. The zero-order valence-corrected chi connectivity index (χ0v) is 23.3. The van der Waals surface area contributed by atoms with Crippen LogP contribution in [0.3, 0.4) is 0 Å². The SMILES string of the molecule is O=C(N[C@@H](Cc1ccccc1)[C@H](O)C(=O)Nc1cccc(-c2nn[nH]n2)c1)c1cc(C(=O)N2CCOCC2)cc([N+](=O)[O-])c1. The number of aromatic amines is 1. The molecule has 0 saturated carbocycles. The highest BCUT2D eigenvalue weighted by Gasteiger charge is 2.30. The molecule has 1 aliphatic heterocycles. The Hall–Kier alpha value is -5.54. The highest BCUT2D eigenvalue weighted by Crippen LogP contribution is 2.21. The number of nitro benzene ring substituents is 1. The molecule has 226 valence electrons. The lowest BCUT2D eigenvalue weighted by molar-refractivity contribution is -0.384. The van der Waals surface area contributed by atoms with Crippen molar-refractivity contribution in [2.45, 2.75) is 18.6 Å². The molecular formula is C29H28N8O7. The number of tetrazole rings is 1. The third-order valence-corrected chi connectivity index (χ3v) is 6.93. The first-order valence-electron chi connectivity index (χ1n) is 13.6. The lowest BCUT2D eigenvalue weighted by Crippen LogP contribution is -2.50. The van der Waals surface area contributed by atoms with Crippen LogP contribution >= 0.6 is 0 Å². The number of H-pyrrole nitrogens is 1. The van der Waals surface area contributed by atoms with Gasteiger partial charge in [0.05, 0.1) is 24.2 Å². The maximum Gasteiger partial charge on any atom is 0.271 e. The second-order valence-electron chi connectivity index (χ2n) is 9.95. The van der Waals surface area contributed by atoms with Gasteiger partial charge in [-0.05, 0) is 35.4 Å². The van der Waals surface area contributed by atoms with Crippen LogP contribution in [0.4, 0.5) is 11.4 Å². The molecule has 0 bridgehead atoms. The number of aromatic nitrogens is 4. The van der Waals surface area contributed by atoms with Crippen molar-refractivity contribution in [2.75, 3.05) is 31.6 Å². The van der Waals surface area contributed by atoms with Gasteiger partial charge in [-0.1, -0.05) is 42.5 Å². The Bertz CT molecular complexity index is 1640. The molecule has 1 aliphatic rings. The normalized spacial score (nSPS) is 14.3. The number of nitro groups is 1. The number of hydrogen-bond donors (Lipinski definition) is 4. The van der Waals surface area contributed by atoms with E-state index in [0.717, 1.165) is 12.1 Å². The van der Waals surface area contributed by atoms with E-state index < -0.39 is 40.5 Å². The van der Waals surface area contributed by atoms with Gasteiger partial charge < -0.3 is 25.4 Å². The lowest BCUT2D eigenvalue weighted by atomic mass is 9.99. The summed E-state index contributed by atoms with van der Waals surface area (Å²) < 4.78 is 5.27. The number of rotatable bonds is 10. The summed E-state index contributed by atoms with van der Waals surface area (Å²) in [7, 11) is 0. The summed E-state index contributed by atoms with van der Waals surface area (Å²) in [6.07, 6.45) is -1.68. The van der Waals surface area contributed by atoms with E-state index in [9.17, 15) is 29.6 Å². The van der Waals surface area contributed by atoms with E-state index in [0.29, 0.717) is 48.9 Å². The summed E-state index contributed by atoms with van der Waals surface area (Å²) in [5.74, 6) is -1.79. The summed E-state index contributed by atoms with van der Waals surface area (Å²) in [5, 5.41) is 41.8. The number of carbonyl (C=O) groups excluding carboxylic acids is 3. The fourth-order valence-electron chi connectivity index (χ4n) is 4.70. The molecule has 44 heavy (non-hydrogen) atoms. The molecule has 0 aliphatic carbocycles. The van der Waals surface area contributed by atoms with Gasteiger partial charge in [-0.3, -0.25) is 24.5 Å². The van der Waals surface area contributed by atoms with Crippen molar-refractivity contribution >= 4 is 29.1 Å². The van der Waals surface area contributed by atoms with Gasteiger partial charge in [-0.15, -0.1) is 10.2 Å². The summed E-state index contributed by atoms with van der Waals surface area (Å²) in [6.45, 7) is 1.27. The van der Waals surface area contributed by atoms with E-state index in [1.54, 1.807) is 54.6 Å². The van der Waals surface area contributed by atoms with Crippen molar-refractivity contribution in [2.24, 2.45) is 0 Å². The van der Waals surface area contributed by atoms with E-state index in [2.05, 4.69) is 31.3 Å². The predicted molar refractivity (Wildman–Crippen MR) is 155 cm³/mol. The molecule has 5 rings (SSSR count). The molecule has 4 aromatic rings. The number of benzene rings is 3. The molecule has 0 spiro atoms. The van der Waals surface area contributed by atoms with Gasteiger partial charge in [0, 0.05) is 47.6 Å². The van der Waals surface area contributed by atoms with E-state index >= 15 is 0 Å². The Morgan fingerprint density at radius 1 is 1.02 bits per heavy atom. The largest absolute Gasteiger partial charge is 0.381 e. The first kappa shape index (κ1) is 29.9. The van der Waals surface area contributed by atoms with Gasteiger partial charge in [0.15, 0.2) is 6.10 Å². The summed E-state index contributed by atoms with van der Waals surface area (Å²) in [4.78, 5) is 52.3. The number of amides is 3. The number of aliphatic hydroxyl groups excluding tert-OH is 1. The molecule has 15 heteroatoms. The second-order valence-corrected chi connectivity index (χ2v) is 9.95. The molecule has 15 nitrogen and oxygen atoms in total. The average Bonchev–Trinajstić information content (AvgIpc) is 3.60. The topological polar surface area (TPSA) is 206 Å². The van der Waals surface area contributed by atoms with E-state index in [-0.39, 0.29) is 17.5 Å². The first-order valence-corrected chi connectivity index (χ1v) is 13.6. The Morgan fingerprint density at radius 2 is 1.77 bits per heavy atom. The lowest BCUT2D eigenvalue weighted by Gasteiger charge is -2.27. The van der Waals surface area contributed by atoms with Crippen LogP contribution in [0.1, 0.15) is 26.3 Å². The third-order valence-electron chi connectivity index (χ3n) is 6.93. The number of non-ortho nitro benzene ring substituents is 1. The van der Waals surface area contributed by atoms with Crippen LogP contribution in [0.5, 0.6) is 0 Å². The van der Waals surface area contributed by atoms with Crippen molar-refractivity contribution in [1.29, 1.82) is 0 Å². The summed E-state index contributed by atoms with van der Waals surface area (Å²) in [6, 6.07) is 17.7. The van der Waals surface area contributed by atoms with Crippen LogP contribution in [-0.4, -0.2) is 91.7 Å². The first-order chi connectivity index (χ1) is 21.3. The molecule has 0 unspecified atom stereocenters. The van der Waals surface area contributed by atoms with Gasteiger partial charge in [-0.25, -0.2) is 0 Å². The van der Waals surface area contributed by atoms with Crippen LogP contribution in [-0.2, 0) is 16.0 Å². The number of carbonyl (C=O) groups is 3. The number of morpholine rings is 1. The number of nitrogens with zero attached hydrogens (tertiary/aromatic N) is 5. The number of hydrogen-bond acceptors (Lipinski definition) is 10. The quantitative estimate of drug-likeness (QED) is 0.153. The van der Waals surface area contributed by atoms with Gasteiger partial charge in [-0.2, -0.15) is 5.21 Å². The van der Waals surface area contributed by atoms with E-state index in [1.807, 2.05) is 0 Å². The molecule has 1 fully saturated rings. The highest BCUT2D eigenvalue weighted by molar-refractivity contribution is 6.01. The Kier molecular flexibility index (Phi) is 9.27. The molecule has 4 N–H and O–H groups in total. The molecular weight excluding hydrogens is 572 g/mol. The standard InChI is InChI=1S/C29H28N8O7/c38-25(28(40)30-22-8-4-7-19(15-22)26-32-34-35-33-26)24(13-18-5-2-1-3-6-18)31-27(39)20-14-21(17-23(16-20)37(42)43)29(41)36-9-11-44-12-10-36/h1-8,14-17,24-25,38H,9-13H2,(H,30,40)(H,31,39)(H,32,33,34,35)/t24-,25-/m0/s1. The van der Waals surface area contributed by atoms with Gasteiger partial charge in [0.1, 0.15) is 0 Å². The summed E-state index contributed by atoms with van der Waals surface area (Å²) >= 11 is 0. The zero-order valence-electron chi connectivity index (χ0n) is 23.3. The molecule has 1 saturated heterocycles. The maximum absolute atomic E-state index is 13.5. The molecule has 0 radical (unpaired) electrons. The number of aliphatic hydroxyl groups is 1. The highest BCUT2D eigenvalue weighted by atomic mass is 16.6. The fraction of sp³-hybridized carbons (Fsp3) is 0.241. The monoisotopic (exact) mass is 600 g/mol. The van der Waals surface area contributed by atoms with Gasteiger partial charge >= 0.3 is 0 Å². The number of nitrogens with one attached hydrogen (secondary N) is 3. The maximum atomic E-state index is 13.5. The Morgan fingerprint density at radius 3 is 2.48 bits per heavy atom. The Labute approximate surface area is 250 Å². The zero-order chi connectivity index (χ0) is 31.1. The van der Waals surface area contributed by atoms with Crippen molar-refractivity contribution < 1.29 is 29.2 Å². The van der Waals surface area contributed by atoms with Crippen molar-refractivity contribution in [3.05, 3.63) is 99.6 Å². The Balaban J connectivity index is 1.38. The fourth-order valence-corrected chi connectivity index (χ4v) is 4.70. The van der Waals surface area contributed by atoms with Crippen molar-refractivity contribution in [3.8, 4) is 11.4 Å². The molecule has 2 atom stereocenters. The second kappa shape index (κ2) is 13.6. The van der Waals surface area contributed by atoms with Crippen LogP contribution in [0.15, 0.2) is 72.8 Å². The van der Waals surface area contributed by atoms with E-state index in [4.69, 9.17) is 4.74 Å². The minimum atomic E-state index is -1.74. The van der Waals surface area contributed by atoms with Gasteiger partial charge in [0.25, 0.3) is 23.4 Å². The van der Waals surface area contributed by atoms with Crippen LogP contribution in [0, 0.1) is 10.1 Å².